The van der Waals surface area contributed by atoms with Crippen molar-refractivity contribution in [2.24, 2.45) is 0 Å². The summed E-state index contributed by atoms with van der Waals surface area (Å²) in [4.78, 5) is 58.6. The first-order valence-corrected chi connectivity index (χ1v) is 43.1. The van der Waals surface area contributed by atoms with Crippen LogP contribution in [0.3, 0.4) is 0 Å². The zero-order valence-corrected chi connectivity index (χ0v) is 66.2. The van der Waals surface area contributed by atoms with E-state index in [2.05, 4.69) is 167 Å². The number of esters is 3. The summed E-state index contributed by atoms with van der Waals surface area (Å²) in [7, 11) is -9.81. The Balaban J connectivity index is 4.51. The first-order valence-electron chi connectivity index (χ1n) is 40.1. The Bertz CT molecular complexity index is 2450. The van der Waals surface area contributed by atoms with Crippen LogP contribution in [0.2, 0.25) is 0 Å². The topological polar surface area (TPSA) is 231 Å². The molecule has 103 heavy (non-hydrogen) atoms. The van der Waals surface area contributed by atoms with E-state index in [1.54, 1.807) is 0 Å². The van der Waals surface area contributed by atoms with Gasteiger partial charge in [-0.05, 0) is 141 Å². The van der Waals surface area contributed by atoms with Crippen molar-refractivity contribution < 1.29 is 75.8 Å². The Hall–Kier alpha value is -4.57. The molecular formula is C85H144O16P2. The van der Waals surface area contributed by atoms with Gasteiger partial charge in [-0.3, -0.25) is 32.5 Å². The van der Waals surface area contributed by atoms with Crippen molar-refractivity contribution >= 4 is 33.6 Å². The maximum atomic E-state index is 13.0. The number of unbranched alkanes of at least 4 members (excludes halogenated alkanes) is 28. The number of hydrogen-bond acceptors (Lipinski definition) is 14. The van der Waals surface area contributed by atoms with Crippen LogP contribution in [0.1, 0.15) is 316 Å². The molecule has 16 nitrogen and oxygen atoms in total. The average Bonchev–Trinajstić information content (AvgIpc) is 0.922. The van der Waals surface area contributed by atoms with Gasteiger partial charge in [-0.2, -0.15) is 0 Å². The standard InChI is InChI=1S/C85H144O16P2/c1-4-7-10-13-16-19-22-25-28-30-32-34-35-36-37-38-39-40-41-42-43-45-47-48-51-53-56-59-62-65-68-71-83(88)95-74-80(86)75-97-102(91,92)98-76-81(87)77-99-103(93,94)100-79-82(101-85(90)73-70-67-64-61-58-55-50-27-24-21-18-15-12-9-6-3)78-96-84(89)72-69-66-63-60-57-54-52-49-46-44-33-31-29-26-23-20-17-14-11-8-5-2/h7,9-10,12,16-21,25-29,32-34,36-37,44,49-50,52,80-82,86-87H,4-6,8,11,13-15,22-24,30-31,35,38-43,45-48,51,53-79H2,1-3H3,(H,91,92)(H,93,94)/b10-7-,12-9-,19-16-,20-17-,21-18-,28-25-,29-26-,34-32-,37-36-,44-33-,50-27-,52-49-. The third-order valence-electron chi connectivity index (χ3n) is 16.5. The molecule has 5 atom stereocenters. The van der Waals surface area contributed by atoms with Gasteiger partial charge in [0.05, 0.1) is 26.4 Å². The lowest BCUT2D eigenvalue weighted by Crippen LogP contribution is -2.30. The highest BCUT2D eigenvalue weighted by Gasteiger charge is 2.29. The minimum absolute atomic E-state index is 0.0773. The maximum absolute atomic E-state index is 13.0. The van der Waals surface area contributed by atoms with E-state index in [1.807, 2.05) is 0 Å². The summed E-state index contributed by atoms with van der Waals surface area (Å²) < 4.78 is 61.1. The molecular weight excluding hydrogens is 1340 g/mol. The second kappa shape index (κ2) is 77.1. The molecule has 0 saturated heterocycles. The average molecular weight is 1480 g/mol. The molecule has 0 saturated carbocycles. The van der Waals surface area contributed by atoms with Crippen LogP contribution in [0.5, 0.6) is 0 Å². The Morgan fingerprint density at radius 3 is 0.816 bits per heavy atom. The molecule has 0 fully saturated rings. The van der Waals surface area contributed by atoms with Gasteiger partial charge < -0.3 is 34.2 Å². The van der Waals surface area contributed by atoms with Gasteiger partial charge in [-0.1, -0.05) is 301 Å². The number of carbonyl (C=O) groups is 3. The van der Waals surface area contributed by atoms with Crippen molar-refractivity contribution in [3.63, 3.8) is 0 Å². The lowest BCUT2D eigenvalue weighted by Gasteiger charge is -2.21. The Morgan fingerprint density at radius 1 is 0.282 bits per heavy atom. The molecule has 0 heterocycles. The molecule has 0 aliphatic heterocycles. The van der Waals surface area contributed by atoms with Crippen LogP contribution in [0.15, 0.2) is 146 Å². The van der Waals surface area contributed by atoms with Gasteiger partial charge >= 0.3 is 33.6 Å². The monoisotopic (exact) mass is 1480 g/mol. The quantitative estimate of drug-likeness (QED) is 0.0146. The molecule has 0 amide bonds. The van der Waals surface area contributed by atoms with Crippen molar-refractivity contribution in [3.05, 3.63) is 146 Å². The first-order chi connectivity index (χ1) is 50.2. The number of hydrogen-bond donors (Lipinski definition) is 4. The van der Waals surface area contributed by atoms with E-state index >= 15 is 0 Å². The second-order valence-electron chi connectivity index (χ2n) is 26.5. The molecule has 0 aliphatic carbocycles. The molecule has 0 aromatic rings. The van der Waals surface area contributed by atoms with Crippen LogP contribution in [-0.2, 0) is 55.8 Å². The van der Waals surface area contributed by atoms with Crippen LogP contribution >= 0.6 is 15.6 Å². The van der Waals surface area contributed by atoms with Crippen molar-refractivity contribution in [2.45, 2.75) is 334 Å². The minimum atomic E-state index is -4.94. The minimum Gasteiger partial charge on any atom is -0.463 e. The molecule has 0 aromatic heterocycles. The van der Waals surface area contributed by atoms with Crippen LogP contribution in [0.4, 0.5) is 0 Å². The first kappa shape index (κ1) is 98.4. The highest BCUT2D eigenvalue weighted by Crippen LogP contribution is 2.45. The van der Waals surface area contributed by atoms with Gasteiger partial charge in [0, 0.05) is 19.3 Å². The predicted molar refractivity (Wildman–Crippen MR) is 426 cm³/mol. The summed E-state index contributed by atoms with van der Waals surface area (Å²) >= 11 is 0. The molecule has 0 aliphatic rings. The SMILES string of the molecule is CC/C=C\C/C=C\C/C=C\C/C=C\C/C=C\CCCCCCCCCCCCCCCCCC(=O)OCC(O)COP(=O)(O)OCC(O)COP(=O)(O)OCC(COC(=O)CCCCCCC/C=C\C/C=C\C/C=C\C/C=C\CCCCC)OC(=O)CCCCCCC/C=C\C/C=C\C/C=C\CC. The highest BCUT2D eigenvalue weighted by molar-refractivity contribution is 7.47. The highest BCUT2D eigenvalue weighted by atomic mass is 31.2. The number of aliphatic hydroxyl groups is 2. The van der Waals surface area contributed by atoms with E-state index < -0.39 is 91.5 Å². The molecule has 4 N–H and O–H groups in total. The van der Waals surface area contributed by atoms with Gasteiger partial charge in [0.15, 0.2) is 6.10 Å². The van der Waals surface area contributed by atoms with Crippen LogP contribution in [0, 0.1) is 0 Å². The lowest BCUT2D eigenvalue weighted by atomic mass is 10.0. The molecule has 5 unspecified atom stereocenters. The second-order valence-corrected chi connectivity index (χ2v) is 29.4. The van der Waals surface area contributed by atoms with Gasteiger partial charge in [0.2, 0.25) is 0 Å². The Morgan fingerprint density at radius 2 is 0.515 bits per heavy atom. The summed E-state index contributed by atoms with van der Waals surface area (Å²) in [5.41, 5.74) is 0. The third kappa shape index (κ3) is 78.3. The number of allylic oxidation sites excluding steroid dienone is 24. The summed E-state index contributed by atoms with van der Waals surface area (Å²) in [5, 5.41) is 20.6. The molecule has 0 spiro atoms. The van der Waals surface area contributed by atoms with E-state index in [4.69, 9.17) is 32.3 Å². The summed E-state index contributed by atoms with van der Waals surface area (Å²) in [6.07, 6.45) is 94.7. The predicted octanol–water partition coefficient (Wildman–Crippen LogP) is 23.7. The molecule has 0 rings (SSSR count). The third-order valence-corrected chi connectivity index (χ3v) is 18.4. The molecule has 0 bridgehead atoms. The zero-order valence-electron chi connectivity index (χ0n) is 64.4. The van der Waals surface area contributed by atoms with Gasteiger partial charge in [-0.15, -0.1) is 0 Å². The molecule has 0 aromatic carbocycles. The lowest BCUT2D eigenvalue weighted by molar-refractivity contribution is -0.161. The van der Waals surface area contributed by atoms with Crippen molar-refractivity contribution in [1.29, 1.82) is 0 Å². The van der Waals surface area contributed by atoms with Crippen molar-refractivity contribution in [3.8, 4) is 0 Å². The number of phosphoric acid groups is 2. The van der Waals surface area contributed by atoms with Crippen LogP contribution in [-0.4, -0.2) is 95.9 Å². The number of rotatable bonds is 75. The summed E-state index contributed by atoms with van der Waals surface area (Å²) in [6, 6.07) is 0. The van der Waals surface area contributed by atoms with Crippen LogP contribution < -0.4 is 0 Å². The largest absolute Gasteiger partial charge is 0.472 e. The van der Waals surface area contributed by atoms with Gasteiger partial charge in [0.25, 0.3) is 0 Å². The Kier molecular flexibility index (Phi) is 73.6. The summed E-state index contributed by atoms with van der Waals surface area (Å²) in [5.74, 6) is -1.62. The molecule has 590 valence electrons. The maximum Gasteiger partial charge on any atom is 0.472 e. The van der Waals surface area contributed by atoms with E-state index in [-0.39, 0.29) is 19.3 Å². The number of carbonyl (C=O) groups excluding carboxylic acids is 3. The fourth-order valence-electron chi connectivity index (χ4n) is 10.5. The zero-order chi connectivity index (χ0) is 75.2. The fraction of sp³-hybridized carbons (Fsp3) is 0.682. The fourth-order valence-corrected chi connectivity index (χ4v) is 12.1. The number of ether oxygens (including phenoxy) is 3. The van der Waals surface area contributed by atoms with Gasteiger partial charge in [0.1, 0.15) is 25.4 Å². The number of phosphoric ester groups is 2. The van der Waals surface area contributed by atoms with E-state index in [0.29, 0.717) is 19.3 Å². The normalized spacial score (nSPS) is 14.7. The van der Waals surface area contributed by atoms with E-state index in [9.17, 15) is 43.5 Å². The number of aliphatic hydroxyl groups excluding tert-OH is 2. The van der Waals surface area contributed by atoms with E-state index in [0.717, 1.165) is 154 Å². The smallest absolute Gasteiger partial charge is 0.463 e. The molecule has 0 radical (unpaired) electrons. The van der Waals surface area contributed by atoms with Crippen molar-refractivity contribution in [1.82, 2.24) is 0 Å². The van der Waals surface area contributed by atoms with Crippen LogP contribution in [0.25, 0.3) is 0 Å². The Labute approximate surface area is 626 Å². The van der Waals surface area contributed by atoms with Crippen molar-refractivity contribution in [2.75, 3.05) is 39.6 Å². The summed E-state index contributed by atoms with van der Waals surface area (Å²) in [6.45, 7) is 2.39. The van der Waals surface area contributed by atoms with Gasteiger partial charge in [-0.25, -0.2) is 9.13 Å². The van der Waals surface area contributed by atoms with E-state index in [1.165, 1.54) is 103 Å². The molecule has 18 heteroatoms.